The first-order valence-electron chi connectivity index (χ1n) is 6.74. The number of carbonyl (C=O) groups is 1. The fourth-order valence-corrected chi connectivity index (χ4v) is 3.03. The molecule has 3 heterocycles. The van der Waals surface area contributed by atoms with Gasteiger partial charge in [0.05, 0.1) is 12.2 Å². The molecule has 0 radical (unpaired) electrons. The third-order valence-corrected chi connectivity index (χ3v) is 4.49. The normalized spacial score (nSPS) is 10.8. The van der Waals surface area contributed by atoms with Gasteiger partial charge in [-0.15, -0.1) is 11.3 Å². The first kappa shape index (κ1) is 14.4. The van der Waals surface area contributed by atoms with Crippen LogP contribution in [0.2, 0.25) is 0 Å². The van der Waals surface area contributed by atoms with Crippen molar-refractivity contribution in [3.05, 3.63) is 62.8 Å². The van der Waals surface area contributed by atoms with Gasteiger partial charge in [0.2, 0.25) is 0 Å². The zero-order valence-electron chi connectivity index (χ0n) is 12.2. The molecule has 0 aliphatic rings. The molecule has 0 aliphatic heterocycles. The van der Waals surface area contributed by atoms with Gasteiger partial charge in [0.25, 0.3) is 11.5 Å². The number of fused-ring (bicyclic) bond motifs is 1. The zero-order chi connectivity index (χ0) is 15.7. The van der Waals surface area contributed by atoms with Gasteiger partial charge < -0.3 is 5.32 Å². The number of aromatic nitrogens is 3. The first-order chi connectivity index (χ1) is 10.6. The summed E-state index contributed by atoms with van der Waals surface area (Å²) in [6.07, 6.45) is 2.99. The summed E-state index contributed by atoms with van der Waals surface area (Å²) in [4.78, 5) is 34.6. The number of hydrogen-bond acceptors (Lipinski definition) is 5. The van der Waals surface area contributed by atoms with E-state index < -0.39 is 5.91 Å². The summed E-state index contributed by atoms with van der Waals surface area (Å²) in [5.74, 6) is -0.444. The molecule has 6 nitrogen and oxygen atoms in total. The van der Waals surface area contributed by atoms with Crippen LogP contribution in [0.5, 0.6) is 0 Å². The van der Waals surface area contributed by atoms with Crippen molar-refractivity contribution in [2.75, 3.05) is 0 Å². The van der Waals surface area contributed by atoms with E-state index in [1.54, 1.807) is 18.3 Å². The predicted octanol–water partition coefficient (Wildman–Crippen LogP) is 1.70. The van der Waals surface area contributed by atoms with Crippen molar-refractivity contribution in [2.24, 2.45) is 0 Å². The van der Waals surface area contributed by atoms with E-state index in [9.17, 15) is 9.59 Å². The fourth-order valence-electron chi connectivity index (χ4n) is 2.10. The Hall–Kier alpha value is -2.54. The summed E-state index contributed by atoms with van der Waals surface area (Å²) >= 11 is 1.43. The molecule has 3 aromatic rings. The molecular weight excluding hydrogens is 300 g/mol. The third kappa shape index (κ3) is 2.50. The van der Waals surface area contributed by atoms with Gasteiger partial charge in [0.1, 0.15) is 5.56 Å². The molecule has 0 fully saturated rings. The van der Waals surface area contributed by atoms with Crippen LogP contribution in [0.4, 0.5) is 0 Å². The van der Waals surface area contributed by atoms with Gasteiger partial charge in [-0.2, -0.15) is 0 Å². The molecule has 7 heteroatoms. The highest BCUT2D eigenvalue weighted by molar-refractivity contribution is 7.17. The Morgan fingerprint density at radius 3 is 2.86 bits per heavy atom. The topological polar surface area (TPSA) is 76.4 Å². The fraction of sp³-hybridized carbons (Fsp3) is 0.200. The van der Waals surface area contributed by atoms with Crippen molar-refractivity contribution in [1.82, 2.24) is 19.7 Å². The maximum Gasteiger partial charge on any atom is 0.271 e. The molecule has 0 aromatic carbocycles. The van der Waals surface area contributed by atoms with E-state index in [0.717, 1.165) is 16.3 Å². The minimum atomic E-state index is -0.444. The van der Waals surface area contributed by atoms with Crippen molar-refractivity contribution in [3.8, 4) is 0 Å². The molecule has 0 unspecified atom stereocenters. The Morgan fingerprint density at radius 1 is 1.32 bits per heavy atom. The van der Waals surface area contributed by atoms with Gasteiger partial charge in [-0.1, -0.05) is 6.07 Å². The maximum atomic E-state index is 12.5. The number of nitrogens with zero attached hydrogens (tertiary/aromatic N) is 3. The van der Waals surface area contributed by atoms with Crippen molar-refractivity contribution < 1.29 is 4.79 Å². The lowest BCUT2D eigenvalue weighted by atomic mass is 10.3. The number of amides is 1. The summed E-state index contributed by atoms with van der Waals surface area (Å²) in [7, 11) is 0. The molecule has 0 bridgehead atoms. The van der Waals surface area contributed by atoms with Crippen LogP contribution in [-0.2, 0) is 6.54 Å². The van der Waals surface area contributed by atoms with Crippen LogP contribution in [0, 0.1) is 13.8 Å². The van der Waals surface area contributed by atoms with E-state index in [1.165, 1.54) is 21.9 Å². The van der Waals surface area contributed by atoms with Crippen LogP contribution < -0.4 is 10.9 Å². The highest BCUT2D eigenvalue weighted by atomic mass is 32.1. The molecule has 0 saturated heterocycles. The van der Waals surface area contributed by atoms with Crippen LogP contribution in [0.15, 0.2) is 35.4 Å². The van der Waals surface area contributed by atoms with E-state index in [4.69, 9.17) is 0 Å². The van der Waals surface area contributed by atoms with Crippen LogP contribution in [0.25, 0.3) is 4.96 Å². The van der Waals surface area contributed by atoms with Gasteiger partial charge in [-0.3, -0.25) is 19.0 Å². The molecule has 1 N–H and O–H groups in total. The number of nitrogens with one attached hydrogen (secondary N) is 1. The maximum absolute atomic E-state index is 12.5. The van der Waals surface area contributed by atoms with E-state index in [2.05, 4.69) is 15.3 Å². The lowest BCUT2D eigenvalue weighted by Crippen LogP contribution is -2.31. The van der Waals surface area contributed by atoms with Gasteiger partial charge in [-0.25, -0.2) is 4.98 Å². The lowest BCUT2D eigenvalue weighted by molar-refractivity contribution is 0.0948. The average molecular weight is 314 g/mol. The van der Waals surface area contributed by atoms with Gasteiger partial charge in [0.15, 0.2) is 4.96 Å². The summed E-state index contributed by atoms with van der Waals surface area (Å²) in [6, 6.07) is 5.45. The molecule has 1 amide bonds. The predicted molar refractivity (Wildman–Crippen MR) is 84.2 cm³/mol. The number of aryl methyl sites for hydroxylation is 2. The standard InChI is InChI=1S/C15H14N4O2S/c1-9-10(2)22-15-18-8-12(14(21)19(9)15)13(20)17-7-11-5-3-4-6-16-11/h3-6,8H,7H2,1-2H3,(H,17,20). The second-order valence-corrected chi connectivity index (χ2v) is 6.02. The van der Waals surface area contributed by atoms with Crippen LogP contribution >= 0.6 is 11.3 Å². The van der Waals surface area contributed by atoms with E-state index in [0.29, 0.717) is 4.96 Å². The molecule has 3 aromatic heterocycles. The monoisotopic (exact) mass is 314 g/mol. The molecule has 3 rings (SSSR count). The Balaban J connectivity index is 1.90. The Bertz CT molecular complexity index is 899. The van der Waals surface area contributed by atoms with Crippen LogP contribution in [0.1, 0.15) is 26.6 Å². The van der Waals surface area contributed by atoms with Gasteiger partial charge >= 0.3 is 0 Å². The van der Waals surface area contributed by atoms with E-state index >= 15 is 0 Å². The van der Waals surface area contributed by atoms with E-state index in [1.807, 2.05) is 19.9 Å². The number of hydrogen-bond donors (Lipinski definition) is 1. The second-order valence-electron chi connectivity index (χ2n) is 4.84. The Labute approximate surface area is 130 Å². The molecule has 0 spiro atoms. The molecule has 112 valence electrons. The van der Waals surface area contributed by atoms with Gasteiger partial charge in [0, 0.05) is 23.0 Å². The summed E-state index contributed by atoms with van der Waals surface area (Å²) in [6.45, 7) is 4.04. The summed E-state index contributed by atoms with van der Waals surface area (Å²) < 4.78 is 1.48. The highest BCUT2D eigenvalue weighted by Crippen LogP contribution is 2.18. The summed E-state index contributed by atoms with van der Waals surface area (Å²) in [5.41, 5.74) is 1.24. The number of pyridine rings is 1. The van der Waals surface area contributed by atoms with Crippen molar-refractivity contribution in [1.29, 1.82) is 0 Å². The number of carbonyl (C=O) groups excluding carboxylic acids is 1. The molecule has 0 saturated carbocycles. The molecular formula is C15H14N4O2S. The van der Waals surface area contributed by atoms with E-state index in [-0.39, 0.29) is 17.7 Å². The second kappa shape index (κ2) is 5.69. The van der Waals surface area contributed by atoms with Crippen molar-refractivity contribution in [3.63, 3.8) is 0 Å². The highest BCUT2D eigenvalue weighted by Gasteiger charge is 2.16. The zero-order valence-corrected chi connectivity index (χ0v) is 13.0. The number of rotatable bonds is 3. The number of thiazole rings is 1. The van der Waals surface area contributed by atoms with Crippen molar-refractivity contribution in [2.45, 2.75) is 20.4 Å². The molecule has 0 atom stereocenters. The first-order valence-corrected chi connectivity index (χ1v) is 7.55. The minimum Gasteiger partial charge on any atom is -0.346 e. The smallest absolute Gasteiger partial charge is 0.271 e. The van der Waals surface area contributed by atoms with Crippen molar-refractivity contribution >= 4 is 22.2 Å². The third-order valence-electron chi connectivity index (χ3n) is 3.42. The minimum absolute atomic E-state index is 0.0364. The molecule has 0 aliphatic carbocycles. The molecule has 22 heavy (non-hydrogen) atoms. The quantitative estimate of drug-likeness (QED) is 0.798. The summed E-state index contributed by atoms with van der Waals surface area (Å²) in [5, 5.41) is 2.70. The Kier molecular flexibility index (Phi) is 3.72. The van der Waals surface area contributed by atoms with Crippen LogP contribution in [-0.4, -0.2) is 20.3 Å². The van der Waals surface area contributed by atoms with Crippen LogP contribution in [0.3, 0.4) is 0 Å². The largest absolute Gasteiger partial charge is 0.346 e. The van der Waals surface area contributed by atoms with Gasteiger partial charge in [-0.05, 0) is 26.0 Å². The Morgan fingerprint density at radius 2 is 2.14 bits per heavy atom. The average Bonchev–Trinajstić information content (AvgIpc) is 2.82. The SMILES string of the molecule is Cc1sc2ncc(C(=O)NCc3ccccn3)c(=O)n2c1C. The lowest BCUT2D eigenvalue weighted by Gasteiger charge is -2.04.